The van der Waals surface area contributed by atoms with Crippen molar-refractivity contribution >= 4 is 27.4 Å². The maximum atomic E-state index is 5.85. The van der Waals surface area contributed by atoms with Crippen LogP contribution in [0.4, 0.5) is 11.5 Å². The summed E-state index contributed by atoms with van der Waals surface area (Å²) >= 11 is 3.60. The van der Waals surface area contributed by atoms with Crippen molar-refractivity contribution in [3.8, 4) is 0 Å². The average Bonchev–Trinajstić information content (AvgIpc) is 2.36. The summed E-state index contributed by atoms with van der Waals surface area (Å²) in [5, 5.41) is 0. The van der Waals surface area contributed by atoms with Crippen LogP contribution in [0.25, 0.3) is 0 Å². The predicted octanol–water partition coefficient (Wildman–Crippen LogP) is 2.35. The molecule has 1 fully saturated rings. The van der Waals surface area contributed by atoms with Crippen molar-refractivity contribution < 1.29 is 4.74 Å². The third-order valence-electron chi connectivity index (χ3n) is 3.26. The molecule has 0 amide bonds. The Bertz CT molecular complexity index is 411. The van der Waals surface area contributed by atoms with Crippen LogP contribution in [-0.2, 0) is 4.74 Å². The van der Waals surface area contributed by atoms with Crippen molar-refractivity contribution in [2.75, 3.05) is 30.4 Å². The van der Waals surface area contributed by atoms with Gasteiger partial charge in [-0.1, -0.05) is 6.92 Å². The Morgan fingerprint density at radius 3 is 3.12 bits per heavy atom. The van der Waals surface area contributed by atoms with Crippen molar-refractivity contribution in [3.63, 3.8) is 0 Å². The van der Waals surface area contributed by atoms with Crippen LogP contribution in [0.15, 0.2) is 10.7 Å². The maximum absolute atomic E-state index is 5.85. The van der Waals surface area contributed by atoms with E-state index in [2.05, 4.69) is 32.7 Å². The van der Waals surface area contributed by atoms with Gasteiger partial charge in [0.1, 0.15) is 5.82 Å². The van der Waals surface area contributed by atoms with Gasteiger partial charge in [0.2, 0.25) is 0 Å². The minimum absolute atomic E-state index is 0.399. The van der Waals surface area contributed by atoms with Crippen LogP contribution in [-0.4, -0.2) is 30.8 Å². The SMILES string of the molecule is CCC1COCCN1c1ncc(N)c(C)c1Br. The molecule has 0 saturated carbocycles. The summed E-state index contributed by atoms with van der Waals surface area (Å²) < 4.78 is 6.51. The molecule has 0 radical (unpaired) electrons. The molecule has 1 aliphatic heterocycles. The van der Waals surface area contributed by atoms with Gasteiger partial charge in [0.15, 0.2) is 0 Å². The standard InChI is InChI=1S/C12H18BrN3O/c1-3-9-7-17-5-4-16(9)12-11(13)8(2)10(14)6-15-12/h6,9H,3-5,7,14H2,1-2H3. The lowest BCUT2D eigenvalue weighted by atomic mass is 10.1. The molecule has 5 heteroatoms. The van der Waals surface area contributed by atoms with E-state index in [1.165, 1.54) is 0 Å². The van der Waals surface area contributed by atoms with E-state index in [0.717, 1.165) is 47.7 Å². The van der Waals surface area contributed by atoms with Crippen molar-refractivity contribution in [2.24, 2.45) is 0 Å². The molecule has 0 bridgehead atoms. The Balaban J connectivity index is 2.35. The molecule has 1 atom stereocenters. The number of pyridine rings is 1. The third-order valence-corrected chi connectivity index (χ3v) is 4.20. The zero-order valence-electron chi connectivity index (χ0n) is 10.2. The van der Waals surface area contributed by atoms with Gasteiger partial charge >= 0.3 is 0 Å². The first kappa shape index (κ1) is 12.6. The highest BCUT2D eigenvalue weighted by molar-refractivity contribution is 9.10. The smallest absolute Gasteiger partial charge is 0.143 e. The number of nitrogen functional groups attached to an aromatic ring is 1. The Morgan fingerprint density at radius 1 is 1.65 bits per heavy atom. The van der Waals surface area contributed by atoms with E-state index in [-0.39, 0.29) is 0 Å². The Hall–Kier alpha value is -0.810. The summed E-state index contributed by atoms with van der Waals surface area (Å²) in [6, 6.07) is 0.399. The summed E-state index contributed by atoms with van der Waals surface area (Å²) in [5.74, 6) is 0.979. The Kier molecular flexibility index (Phi) is 3.89. The van der Waals surface area contributed by atoms with E-state index in [1.54, 1.807) is 6.20 Å². The number of anilines is 2. The fraction of sp³-hybridized carbons (Fsp3) is 0.583. The number of morpholine rings is 1. The lowest BCUT2D eigenvalue weighted by Gasteiger charge is -2.36. The molecule has 1 aliphatic rings. The monoisotopic (exact) mass is 299 g/mol. The van der Waals surface area contributed by atoms with Gasteiger partial charge in [0.05, 0.1) is 35.6 Å². The highest BCUT2D eigenvalue weighted by atomic mass is 79.9. The minimum atomic E-state index is 0.399. The fourth-order valence-electron chi connectivity index (χ4n) is 2.05. The van der Waals surface area contributed by atoms with Crippen LogP contribution < -0.4 is 10.6 Å². The Labute approximate surface area is 110 Å². The molecule has 1 saturated heterocycles. The normalized spacial score (nSPS) is 20.6. The number of nitrogens with zero attached hydrogens (tertiary/aromatic N) is 2. The molecular formula is C12H18BrN3O. The summed E-state index contributed by atoms with van der Waals surface area (Å²) in [5.41, 5.74) is 7.63. The molecule has 2 heterocycles. The maximum Gasteiger partial charge on any atom is 0.143 e. The number of hydrogen-bond acceptors (Lipinski definition) is 4. The highest BCUT2D eigenvalue weighted by Crippen LogP contribution is 2.32. The second-order valence-electron chi connectivity index (χ2n) is 4.31. The number of nitrogens with two attached hydrogens (primary N) is 1. The van der Waals surface area contributed by atoms with Gasteiger partial charge in [-0.3, -0.25) is 0 Å². The van der Waals surface area contributed by atoms with Gasteiger partial charge in [0, 0.05) is 6.54 Å². The van der Waals surface area contributed by atoms with Crippen molar-refractivity contribution in [1.29, 1.82) is 0 Å². The lowest BCUT2D eigenvalue weighted by molar-refractivity contribution is 0.0925. The molecule has 0 aromatic carbocycles. The van der Waals surface area contributed by atoms with Gasteiger partial charge in [-0.25, -0.2) is 4.98 Å². The second kappa shape index (κ2) is 5.23. The average molecular weight is 300 g/mol. The number of ether oxygens (including phenoxy) is 1. The quantitative estimate of drug-likeness (QED) is 0.911. The number of rotatable bonds is 2. The van der Waals surface area contributed by atoms with Crippen LogP contribution in [0.5, 0.6) is 0 Å². The van der Waals surface area contributed by atoms with E-state index in [1.807, 2.05) is 6.92 Å². The van der Waals surface area contributed by atoms with E-state index in [4.69, 9.17) is 10.5 Å². The summed E-state index contributed by atoms with van der Waals surface area (Å²) in [6.45, 7) is 6.59. The number of hydrogen-bond donors (Lipinski definition) is 1. The van der Waals surface area contributed by atoms with Gasteiger partial charge < -0.3 is 15.4 Å². The molecule has 0 spiro atoms. The van der Waals surface area contributed by atoms with Crippen molar-refractivity contribution in [1.82, 2.24) is 4.98 Å². The van der Waals surface area contributed by atoms with Crippen molar-refractivity contribution in [3.05, 3.63) is 16.2 Å². The molecule has 1 aromatic rings. The molecular weight excluding hydrogens is 282 g/mol. The van der Waals surface area contributed by atoms with E-state index >= 15 is 0 Å². The molecule has 2 rings (SSSR count). The third kappa shape index (κ3) is 2.40. The summed E-state index contributed by atoms with van der Waals surface area (Å²) in [4.78, 5) is 6.76. The predicted molar refractivity (Wildman–Crippen MR) is 73.3 cm³/mol. The van der Waals surface area contributed by atoms with Gasteiger partial charge in [-0.2, -0.15) is 0 Å². The van der Waals surface area contributed by atoms with Gasteiger partial charge in [-0.15, -0.1) is 0 Å². The molecule has 1 aromatic heterocycles. The highest BCUT2D eigenvalue weighted by Gasteiger charge is 2.25. The molecule has 1 unspecified atom stereocenters. The zero-order chi connectivity index (χ0) is 12.4. The Morgan fingerprint density at radius 2 is 2.41 bits per heavy atom. The fourth-order valence-corrected chi connectivity index (χ4v) is 2.61. The first-order chi connectivity index (χ1) is 8.15. The summed E-state index contributed by atoms with van der Waals surface area (Å²) in [7, 11) is 0. The molecule has 0 aliphatic carbocycles. The van der Waals surface area contributed by atoms with E-state index < -0.39 is 0 Å². The first-order valence-corrected chi connectivity index (χ1v) is 6.69. The van der Waals surface area contributed by atoms with Gasteiger partial charge in [-0.05, 0) is 34.8 Å². The number of aromatic nitrogens is 1. The summed E-state index contributed by atoms with van der Waals surface area (Å²) in [6.07, 6.45) is 2.79. The minimum Gasteiger partial charge on any atom is -0.397 e. The van der Waals surface area contributed by atoms with E-state index in [9.17, 15) is 0 Å². The van der Waals surface area contributed by atoms with Crippen LogP contribution in [0.2, 0.25) is 0 Å². The topological polar surface area (TPSA) is 51.4 Å². The zero-order valence-corrected chi connectivity index (χ0v) is 11.8. The molecule has 2 N–H and O–H groups in total. The van der Waals surface area contributed by atoms with Crippen LogP contribution in [0, 0.1) is 6.92 Å². The van der Waals surface area contributed by atoms with Crippen molar-refractivity contribution in [2.45, 2.75) is 26.3 Å². The molecule has 17 heavy (non-hydrogen) atoms. The van der Waals surface area contributed by atoms with Crippen LogP contribution >= 0.6 is 15.9 Å². The van der Waals surface area contributed by atoms with Crippen LogP contribution in [0.1, 0.15) is 18.9 Å². The largest absolute Gasteiger partial charge is 0.397 e. The first-order valence-electron chi connectivity index (χ1n) is 5.90. The van der Waals surface area contributed by atoms with Crippen LogP contribution in [0.3, 0.4) is 0 Å². The lowest BCUT2D eigenvalue weighted by Crippen LogP contribution is -2.45. The molecule has 4 nitrogen and oxygen atoms in total. The second-order valence-corrected chi connectivity index (χ2v) is 5.10. The molecule has 94 valence electrons. The van der Waals surface area contributed by atoms with E-state index in [0.29, 0.717) is 6.04 Å². The number of halogens is 1. The van der Waals surface area contributed by atoms with Gasteiger partial charge in [0.25, 0.3) is 0 Å².